The summed E-state index contributed by atoms with van der Waals surface area (Å²) in [5.74, 6) is 1.67. The third kappa shape index (κ3) is 6.07. The minimum absolute atomic E-state index is 0.0372. The minimum atomic E-state index is 0.0372. The highest BCUT2D eigenvalue weighted by Gasteiger charge is 2.20. The number of carbonyl (C=O) groups excluding carboxylic acids is 2. The number of hydrogen-bond acceptors (Lipinski definition) is 4. The SMILES string of the molecule is CCCCCOc1ccc2cc(C(C)=O)ccc2c1-c1c(OCCCCC)ccc2cc(C(C)=O)ccc12. The van der Waals surface area contributed by atoms with Crippen molar-refractivity contribution in [1.82, 2.24) is 0 Å². The number of Topliss-reactive ketones (excluding diaryl/α,β-unsaturated/α-hetero) is 2. The normalized spacial score (nSPS) is 11.2. The number of unbranched alkanes of at least 4 members (excludes halogenated alkanes) is 4. The van der Waals surface area contributed by atoms with Crippen LogP contribution in [0.3, 0.4) is 0 Å². The molecular formula is C34H38O4. The summed E-state index contributed by atoms with van der Waals surface area (Å²) >= 11 is 0. The Morgan fingerprint density at radius 2 is 1.00 bits per heavy atom. The zero-order chi connectivity index (χ0) is 27.1. The zero-order valence-electron chi connectivity index (χ0n) is 23.1. The molecule has 0 atom stereocenters. The molecule has 4 nitrogen and oxygen atoms in total. The minimum Gasteiger partial charge on any atom is -0.493 e. The molecule has 0 unspecified atom stereocenters. The maximum absolute atomic E-state index is 12.1. The number of hydrogen-bond donors (Lipinski definition) is 0. The van der Waals surface area contributed by atoms with Crippen LogP contribution in [0.1, 0.15) is 86.9 Å². The Labute approximate surface area is 226 Å². The topological polar surface area (TPSA) is 52.6 Å². The highest BCUT2D eigenvalue weighted by molar-refractivity contribution is 6.12. The van der Waals surface area contributed by atoms with Crippen molar-refractivity contribution < 1.29 is 19.1 Å². The first kappa shape index (κ1) is 27.4. The lowest BCUT2D eigenvalue weighted by Gasteiger charge is -2.20. The monoisotopic (exact) mass is 510 g/mol. The van der Waals surface area contributed by atoms with Gasteiger partial charge in [-0.1, -0.05) is 75.9 Å². The van der Waals surface area contributed by atoms with E-state index in [9.17, 15) is 9.59 Å². The van der Waals surface area contributed by atoms with Gasteiger partial charge in [0, 0.05) is 22.3 Å². The van der Waals surface area contributed by atoms with Crippen LogP contribution in [0.2, 0.25) is 0 Å². The van der Waals surface area contributed by atoms with E-state index in [1.54, 1.807) is 13.8 Å². The van der Waals surface area contributed by atoms with Crippen LogP contribution >= 0.6 is 0 Å². The quantitative estimate of drug-likeness (QED) is 0.133. The number of carbonyl (C=O) groups is 2. The Morgan fingerprint density at radius 3 is 1.37 bits per heavy atom. The predicted molar refractivity (Wildman–Crippen MR) is 157 cm³/mol. The number of ketones is 2. The highest BCUT2D eigenvalue weighted by Crippen LogP contribution is 2.46. The third-order valence-electron chi connectivity index (χ3n) is 7.04. The molecule has 4 heteroatoms. The van der Waals surface area contributed by atoms with Gasteiger partial charge in [-0.15, -0.1) is 0 Å². The van der Waals surface area contributed by atoms with E-state index in [1.807, 2.05) is 60.7 Å². The van der Waals surface area contributed by atoms with Crippen molar-refractivity contribution in [3.05, 3.63) is 71.8 Å². The van der Waals surface area contributed by atoms with Crippen LogP contribution in [0, 0.1) is 0 Å². The summed E-state index contributed by atoms with van der Waals surface area (Å²) < 4.78 is 12.8. The lowest BCUT2D eigenvalue weighted by Crippen LogP contribution is -2.03. The van der Waals surface area contributed by atoms with Crippen molar-refractivity contribution in [2.45, 2.75) is 66.2 Å². The Balaban J connectivity index is 1.97. The van der Waals surface area contributed by atoms with Crippen LogP contribution in [-0.4, -0.2) is 24.8 Å². The second-order valence-corrected chi connectivity index (χ2v) is 9.97. The highest BCUT2D eigenvalue weighted by atomic mass is 16.5. The van der Waals surface area contributed by atoms with Crippen LogP contribution in [0.5, 0.6) is 11.5 Å². The van der Waals surface area contributed by atoms with E-state index in [1.165, 1.54) is 0 Å². The van der Waals surface area contributed by atoms with Crippen LogP contribution < -0.4 is 9.47 Å². The second-order valence-electron chi connectivity index (χ2n) is 9.97. The van der Waals surface area contributed by atoms with E-state index in [0.29, 0.717) is 24.3 Å². The molecule has 0 fully saturated rings. The molecule has 4 aromatic rings. The zero-order valence-corrected chi connectivity index (χ0v) is 23.1. The fraction of sp³-hybridized carbons (Fsp3) is 0.353. The Morgan fingerprint density at radius 1 is 0.579 bits per heavy atom. The van der Waals surface area contributed by atoms with Gasteiger partial charge < -0.3 is 9.47 Å². The summed E-state index contributed by atoms with van der Waals surface area (Å²) in [5, 5.41) is 3.96. The molecule has 0 aromatic heterocycles. The van der Waals surface area contributed by atoms with Gasteiger partial charge in [0.2, 0.25) is 0 Å². The molecule has 198 valence electrons. The van der Waals surface area contributed by atoms with Crippen LogP contribution in [-0.2, 0) is 0 Å². The van der Waals surface area contributed by atoms with Crippen molar-refractivity contribution in [3.8, 4) is 22.6 Å². The molecular weight excluding hydrogens is 472 g/mol. The van der Waals surface area contributed by atoms with E-state index < -0.39 is 0 Å². The van der Waals surface area contributed by atoms with Crippen LogP contribution in [0.4, 0.5) is 0 Å². The maximum atomic E-state index is 12.1. The Bertz CT molecular complexity index is 1340. The molecule has 0 spiro atoms. The predicted octanol–water partition coefficient (Wildman–Crippen LogP) is 9.20. The van der Waals surface area contributed by atoms with Gasteiger partial charge in [0.25, 0.3) is 0 Å². The van der Waals surface area contributed by atoms with Gasteiger partial charge in [0.1, 0.15) is 11.5 Å². The summed E-state index contributed by atoms with van der Waals surface area (Å²) in [5.41, 5.74) is 3.28. The molecule has 0 N–H and O–H groups in total. The van der Waals surface area contributed by atoms with Crippen molar-refractivity contribution in [3.63, 3.8) is 0 Å². The first-order valence-electron chi connectivity index (χ1n) is 13.9. The van der Waals surface area contributed by atoms with Crippen molar-refractivity contribution >= 4 is 33.1 Å². The lowest BCUT2D eigenvalue weighted by atomic mass is 9.90. The maximum Gasteiger partial charge on any atom is 0.159 e. The largest absolute Gasteiger partial charge is 0.493 e. The number of fused-ring (bicyclic) bond motifs is 2. The molecule has 4 aromatic carbocycles. The van der Waals surface area contributed by atoms with Gasteiger partial charge in [0.15, 0.2) is 11.6 Å². The summed E-state index contributed by atoms with van der Waals surface area (Å²) in [6, 6.07) is 19.8. The van der Waals surface area contributed by atoms with E-state index in [4.69, 9.17) is 9.47 Å². The van der Waals surface area contributed by atoms with Gasteiger partial charge in [-0.3, -0.25) is 9.59 Å². The molecule has 0 heterocycles. The van der Waals surface area contributed by atoms with Gasteiger partial charge in [-0.25, -0.2) is 0 Å². The first-order valence-corrected chi connectivity index (χ1v) is 13.9. The molecule has 4 rings (SSSR count). The molecule has 0 aliphatic heterocycles. The fourth-order valence-corrected chi connectivity index (χ4v) is 4.88. The third-order valence-corrected chi connectivity index (χ3v) is 7.04. The average molecular weight is 511 g/mol. The summed E-state index contributed by atoms with van der Waals surface area (Å²) in [6.45, 7) is 8.80. The summed E-state index contributed by atoms with van der Waals surface area (Å²) in [4.78, 5) is 24.3. The number of rotatable bonds is 13. The van der Waals surface area contributed by atoms with Gasteiger partial charge in [-0.2, -0.15) is 0 Å². The smallest absolute Gasteiger partial charge is 0.159 e. The number of benzene rings is 4. The summed E-state index contributed by atoms with van der Waals surface area (Å²) in [6.07, 6.45) is 6.43. The first-order chi connectivity index (χ1) is 18.4. The van der Waals surface area contributed by atoms with Crippen molar-refractivity contribution in [1.29, 1.82) is 0 Å². The Hall–Kier alpha value is -3.66. The van der Waals surface area contributed by atoms with Crippen molar-refractivity contribution in [2.75, 3.05) is 13.2 Å². The van der Waals surface area contributed by atoms with E-state index in [2.05, 4.69) is 13.8 Å². The lowest BCUT2D eigenvalue weighted by molar-refractivity contribution is 0.100. The molecule has 38 heavy (non-hydrogen) atoms. The van der Waals surface area contributed by atoms with E-state index in [-0.39, 0.29) is 11.6 Å². The van der Waals surface area contributed by atoms with Crippen molar-refractivity contribution in [2.24, 2.45) is 0 Å². The number of ether oxygens (including phenoxy) is 2. The van der Waals surface area contributed by atoms with E-state index >= 15 is 0 Å². The molecule has 0 aliphatic carbocycles. The molecule has 0 amide bonds. The molecule has 0 saturated carbocycles. The van der Waals surface area contributed by atoms with Crippen LogP contribution in [0.15, 0.2) is 60.7 Å². The fourth-order valence-electron chi connectivity index (χ4n) is 4.88. The molecule has 0 aliphatic rings. The molecule has 0 saturated heterocycles. The molecule has 0 bridgehead atoms. The van der Waals surface area contributed by atoms with Gasteiger partial charge in [0.05, 0.1) is 13.2 Å². The second kappa shape index (κ2) is 12.7. The standard InChI is InChI=1S/C34H38O4/c1-5-7-9-19-37-31-17-13-27-21-25(23(3)35)11-15-29(27)33(31)34-30-16-12-26(24(4)36)22-28(30)14-18-32(34)38-20-10-8-6-2/h11-18,21-22H,5-10,19-20H2,1-4H3. The summed E-state index contributed by atoms with van der Waals surface area (Å²) in [7, 11) is 0. The molecule has 0 radical (unpaired) electrons. The average Bonchev–Trinajstić information content (AvgIpc) is 2.92. The van der Waals surface area contributed by atoms with E-state index in [0.717, 1.165) is 82.7 Å². The van der Waals surface area contributed by atoms with Gasteiger partial charge >= 0.3 is 0 Å². The Kier molecular flexibility index (Phi) is 9.17. The van der Waals surface area contributed by atoms with Gasteiger partial charge in [-0.05, 0) is 72.5 Å². The van der Waals surface area contributed by atoms with Crippen LogP contribution in [0.25, 0.3) is 32.7 Å².